The fourth-order valence-corrected chi connectivity index (χ4v) is 6.02. The summed E-state index contributed by atoms with van der Waals surface area (Å²) in [5, 5.41) is 2.98. The van der Waals surface area contributed by atoms with E-state index in [9.17, 15) is 4.79 Å². The molecule has 0 saturated carbocycles. The largest absolute Gasteiger partial charge is 0.492 e. The standard InChI is InChI=1S/C23H26ClN5O.C10H16N2O2.2H2S/c1-28-11-4-7-16(28)14-30-23-26-19-13-29(12-10-17(19)22(25)27-23)20-9-3-6-15-5-2-8-18(24)21(15)20;1-6-12(8(2)7-11-4)10(13)9(3)14-5;;/h2-3,5-6,8-9,16H,4,7,10-14H2,1H3,(H2,25,26,27);8H,3,6-7H2,1-2,5H3;2*1H2/t16-;8-;;/m01../s1. The Labute approximate surface area is 291 Å². The summed E-state index contributed by atoms with van der Waals surface area (Å²) in [5.74, 6) is 0.403. The van der Waals surface area contributed by atoms with Gasteiger partial charge in [-0.2, -0.15) is 37.0 Å². The van der Waals surface area contributed by atoms with E-state index in [0.717, 1.165) is 58.7 Å². The Bertz CT molecular complexity index is 1530. The molecular formula is C33H46ClN7O3S2. The molecule has 0 aliphatic carbocycles. The number of ether oxygens (including phenoxy) is 2. The minimum absolute atomic E-state index is 0. The van der Waals surface area contributed by atoms with E-state index in [1.807, 2.05) is 26.0 Å². The van der Waals surface area contributed by atoms with Crippen LogP contribution >= 0.6 is 38.6 Å². The van der Waals surface area contributed by atoms with Crippen molar-refractivity contribution in [3.63, 3.8) is 0 Å². The number of amides is 1. The first-order valence-electron chi connectivity index (χ1n) is 15.0. The highest BCUT2D eigenvalue weighted by Gasteiger charge is 2.26. The highest BCUT2D eigenvalue weighted by molar-refractivity contribution is 7.59. The number of halogens is 1. The number of aromatic nitrogens is 2. The van der Waals surface area contributed by atoms with Crippen LogP contribution in [0.4, 0.5) is 11.5 Å². The number of methoxy groups -OCH3 is 1. The molecule has 3 aromatic rings. The second kappa shape index (κ2) is 18.1. The van der Waals surface area contributed by atoms with Gasteiger partial charge < -0.3 is 34.8 Å². The van der Waals surface area contributed by atoms with Gasteiger partial charge in [-0.25, -0.2) is 6.57 Å². The van der Waals surface area contributed by atoms with Crippen LogP contribution in [0, 0.1) is 6.57 Å². The number of hydrogen-bond donors (Lipinski definition) is 1. The van der Waals surface area contributed by atoms with Crippen molar-refractivity contribution >= 4 is 66.8 Å². The van der Waals surface area contributed by atoms with Gasteiger partial charge in [0.1, 0.15) is 18.5 Å². The van der Waals surface area contributed by atoms with E-state index < -0.39 is 0 Å². The van der Waals surface area contributed by atoms with E-state index in [4.69, 9.17) is 38.4 Å². The van der Waals surface area contributed by atoms with Gasteiger partial charge in [0.25, 0.3) is 5.91 Å². The van der Waals surface area contributed by atoms with E-state index in [1.54, 1.807) is 4.90 Å². The lowest BCUT2D eigenvalue weighted by Gasteiger charge is -2.31. The number of likely N-dealkylation sites (N-methyl/N-ethyl adjacent to an activating group) is 2. The molecule has 2 aromatic carbocycles. The topological polar surface area (TPSA) is 101 Å². The number of hydrogen-bond acceptors (Lipinski definition) is 8. The Balaban J connectivity index is 0.000000397. The number of nitrogens with two attached hydrogens (primary N) is 1. The number of benzene rings is 2. The predicted molar refractivity (Wildman–Crippen MR) is 197 cm³/mol. The van der Waals surface area contributed by atoms with Crippen molar-refractivity contribution < 1.29 is 14.3 Å². The lowest BCUT2D eigenvalue weighted by molar-refractivity contribution is -0.131. The average Bonchev–Trinajstić information content (AvgIpc) is 3.44. The first-order valence-corrected chi connectivity index (χ1v) is 15.3. The Kier molecular flexibility index (Phi) is 15.3. The summed E-state index contributed by atoms with van der Waals surface area (Å²) in [4.78, 5) is 30.2. The molecule has 0 spiro atoms. The molecule has 3 heterocycles. The van der Waals surface area contributed by atoms with Gasteiger partial charge in [0.15, 0.2) is 5.76 Å². The molecular weight excluding hydrogens is 642 g/mol. The van der Waals surface area contributed by atoms with Crippen LogP contribution in [-0.2, 0) is 22.5 Å². The van der Waals surface area contributed by atoms with Crippen molar-refractivity contribution in [2.75, 3.05) is 57.6 Å². The molecule has 1 aromatic heterocycles. The molecule has 2 aliphatic heterocycles. The summed E-state index contributed by atoms with van der Waals surface area (Å²) in [5.41, 5.74) is 9.36. The molecule has 1 saturated heterocycles. The summed E-state index contributed by atoms with van der Waals surface area (Å²) in [6.07, 6.45) is 3.15. The fraction of sp³-hybridized carbons (Fsp3) is 0.455. The second-order valence-electron chi connectivity index (χ2n) is 11.1. The Morgan fingerprint density at radius 2 is 1.96 bits per heavy atom. The second-order valence-corrected chi connectivity index (χ2v) is 11.5. The Hall–Kier alpha value is -3.37. The zero-order valence-electron chi connectivity index (χ0n) is 27.1. The Morgan fingerprint density at radius 3 is 2.59 bits per heavy atom. The van der Waals surface area contributed by atoms with E-state index in [2.05, 4.69) is 57.5 Å². The number of likely N-dealkylation sites (tertiary alicyclic amines) is 1. The van der Waals surface area contributed by atoms with Crippen LogP contribution in [0.15, 0.2) is 48.7 Å². The number of anilines is 2. The highest BCUT2D eigenvalue weighted by atomic mass is 35.5. The van der Waals surface area contributed by atoms with Crippen molar-refractivity contribution in [2.45, 2.75) is 51.7 Å². The minimum Gasteiger partial charge on any atom is -0.492 e. The fourth-order valence-electron chi connectivity index (χ4n) is 5.74. The molecule has 1 amide bonds. The smallest absolute Gasteiger partial charge is 0.318 e. The van der Waals surface area contributed by atoms with E-state index in [0.29, 0.717) is 44.1 Å². The number of nitrogens with zero attached hydrogens (tertiary/aromatic N) is 6. The van der Waals surface area contributed by atoms with Crippen molar-refractivity contribution in [1.29, 1.82) is 0 Å². The minimum atomic E-state index is -0.244. The zero-order valence-corrected chi connectivity index (χ0v) is 29.8. The van der Waals surface area contributed by atoms with Gasteiger partial charge in [-0.1, -0.05) is 42.4 Å². The van der Waals surface area contributed by atoms with Gasteiger partial charge in [0.05, 0.1) is 24.4 Å². The van der Waals surface area contributed by atoms with Crippen molar-refractivity contribution in [2.24, 2.45) is 0 Å². The van der Waals surface area contributed by atoms with Gasteiger partial charge >= 0.3 is 6.01 Å². The molecule has 5 rings (SSSR count). The monoisotopic (exact) mass is 687 g/mol. The summed E-state index contributed by atoms with van der Waals surface area (Å²) in [7, 11) is 3.55. The normalized spacial score (nSPS) is 16.0. The predicted octanol–water partition coefficient (Wildman–Crippen LogP) is 5.43. The molecule has 0 unspecified atom stereocenters. The highest BCUT2D eigenvalue weighted by Crippen LogP contribution is 2.36. The molecule has 2 N–H and O–H groups in total. The van der Waals surface area contributed by atoms with Crippen molar-refractivity contribution in [3.05, 3.63) is 76.4 Å². The first kappa shape index (κ1) is 38.8. The van der Waals surface area contributed by atoms with E-state index in [-0.39, 0.29) is 44.7 Å². The van der Waals surface area contributed by atoms with E-state index in [1.165, 1.54) is 13.5 Å². The summed E-state index contributed by atoms with van der Waals surface area (Å²) in [6.45, 7) is 18.0. The van der Waals surface area contributed by atoms with Crippen LogP contribution in [0.3, 0.4) is 0 Å². The molecule has 2 aliphatic rings. The van der Waals surface area contributed by atoms with Crippen molar-refractivity contribution in [1.82, 2.24) is 19.8 Å². The average molecular weight is 688 g/mol. The van der Waals surface area contributed by atoms with Crippen LogP contribution in [-0.4, -0.2) is 84.7 Å². The maximum Gasteiger partial charge on any atom is 0.318 e. The van der Waals surface area contributed by atoms with Crippen LogP contribution in [0.2, 0.25) is 5.02 Å². The zero-order chi connectivity index (χ0) is 31.8. The molecule has 2 atom stereocenters. The summed E-state index contributed by atoms with van der Waals surface area (Å²) < 4.78 is 10.7. The summed E-state index contributed by atoms with van der Waals surface area (Å²) in [6, 6.07) is 13.0. The molecule has 0 radical (unpaired) electrons. The SMILES string of the molecule is CN1CCC[C@H]1COc1nc(N)c2c(n1)CN(c1cccc3cccc(Cl)c13)CC2.S.S.[C-]#[N+]C[C@@H](C)N(CC)C(=O)C(=C)OC. The molecule has 1 fully saturated rings. The molecule has 250 valence electrons. The third-order valence-electron chi connectivity index (χ3n) is 8.30. The van der Waals surface area contributed by atoms with Gasteiger partial charge in [-0.15, -0.1) is 0 Å². The number of carbonyl (C=O) groups is 1. The van der Waals surface area contributed by atoms with Crippen LogP contribution in [0.5, 0.6) is 6.01 Å². The first-order chi connectivity index (χ1) is 21.2. The number of fused-ring (bicyclic) bond motifs is 2. The molecule has 10 nitrogen and oxygen atoms in total. The number of nitrogen functional groups attached to an aromatic ring is 1. The number of carbonyl (C=O) groups excluding carboxylic acids is 1. The summed E-state index contributed by atoms with van der Waals surface area (Å²) >= 11 is 6.55. The van der Waals surface area contributed by atoms with Crippen molar-refractivity contribution in [3.8, 4) is 6.01 Å². The molecule has 13 heteroatoms. The van der Waals surface area contributed by atoms with Gasteiger partial charge in [0, 0.05) is 35.8 Å². The quantitative estimate of drug-likeness (QED) is 0.181. The van der Waals surface area contributed by atoms with Gasteiger partial charge in [-0.05, 0) is 64.2 Å². The van der Waals surface area contributed by atoms with Gasteiger partial charge in [-0.3, -0.25) is 4.79 Å². The third kappa shape index (κ3) is 9.12. The van der Waals surface area contributed by atoms with Crippen LogP contribution < -0.4 is 15.4 Å². The molecule has 46 heavy (non-hydrogen) atoms. The van der Waals surface area contributed by atoms with Gasteiger partial charge in [0.2, 0.25) is 6.54 Å². The molecule has 0 bridgehead atoms. The lowest BCUT2D eigenvalue weighted by atomic mass is 10.0. The maximum atomic E-state index is 11.6. The lowest BCUT2D eigenvalue weighted by Crippen LogP contribution is -2.40. The number of rotatable bonds is 9. The van der Waals surface area contributed by atoms with Crippen LogP contribution in [0.25, 0.3) is 15.6 Å². The third-order valence-corrected chi connectivity index (χ3v) is 8.61. The maximum absolute atomic E-state index is 11.6. The Morgan fingerprint density at radius 1 is 1.24 bits per heavy atom. The van der Waals surface area contributed by atoms with E-state index >= 15 is 0 Å². The van der Waals surface area contributed by atoms with Crippen LogP contribution in [0.1, 0.15) is 37.9 Å².